The fraction of sp³-hybridized carbons (Fsp3) is 0.692. The second kappa shape index (κ2) is 4.13. The molecule has 0 spiro atoms. The van der Waals surface area contributed by atoms with Gasteiger partial charge in [0.15, 0.2) is 11.9 Å². The minimum absolute atomic E-state index is 0.161. The molecule has 2 heterocycles. The summed E-state index contributed by atoms with van der Waals surface area (Å²) in [5, 5.41) is 0. The molecule has 0 radical (unpaired) electrons. The number of carbonyl (C=O) groups is 2. The molecular weight excluding hydrogens is 252 g/mol. The SMILES string of the molecule is CC(=O)O[C@H]1C(C=O)=C2COC(C)(C)O[C@@H]2[C@H]2O[C@H]21. The Morgan fingerprint density at radius 3 is 2.79 bits per heavy atom. The van der Waals surface area contributed by atoms with Gasteiger partial charge in [-0.1, -0.05) is 0 Å². The molecule has 0 saturated carbocycles. The average molecular weight is 268 g/mol. The first-order valence-electron chi connectivity index (χ1n) is 6.25. The van der Waals surface area contributed by atoms with Gasteiger partial charge >= 0.3 is 5.97 Å². The van der Waals surface area contributed by atoms with Crippen LogP contribution in [-0.4, -0.2) is 49.1 Å². The van der Waals surface area contributed by atoms with E-state index >= 15 is 0 Å². The number of hydrogen-bond acceptors (Lipinski definition) is 6. The summed E-state index contributed by atoms with van der Waals surface area (Å²) < 4.78 is 22.1. The van der Waals surface area contributed by atoms with E-state index in [9.17, 15) is 9.59 Å². The van der Waals surface area contributed by atoms with E-state index in [1.54, 1.807) is 0 Å². The van der Waals surface area contributed by atoms with Crippen molar-refractivity contribution in [2.75, 3.05) is 6.61 Å². The third-order valence-corrected chi connectivity index (χ3v) is 3.58. The smallest absolute Gasteiger partial charge is 0.303 e. The third kappa shape index (κ3) is 2.09. The van der Waals surface area contributed by atoms with Crippen molar-refractivity contribution in [3.63, 3.8) is 0 Å². The van der Waals surface area contributed by atoms with Gasteiger partial charge < -0.3 is 18.9 Å². The Kier molecular flexibility index (Phi) is 2.78. The monoisotopic (exact) mass is 268 g/mol. The molecule has 0 amide bonds. The molecule has 4 atom stereocenters. The van der Waals surface area contributed by atoms with Gasteiger partial charge in [-0.05, 0) is 19.4 Å². The normalized spacial score (nSPS) is 39.1. The summed E-state index contributed by atoms with van der Waals surface area (Å²) in [6.45, 7) is 5.24. The van der Waals surface area contributed by atoms with Crippen molar-refractivity contribution in [3.05, 3.63) is 11.1 Å². The van der Waals surface area contributed by atoms with Crippen LogP contribution in [0.25, 0.3) is 0 Å². The molecule has 19 heavy (non-hydrogen) atoms. The van der Waals surface area contributed by atoms with Crippen LogP contribution in [0.3, 0.4) is 0 Å². The number of carbonyl (C=O) groups excluding carboxylic acids is 2. The Balaban J connectivity index is 1.94. The Morgan fingerprint density at radius 2 is 2.16 bits per heavy atom. The van der Waals surface area contributed by atoms with E-state index < -0.39 is 17.9 Å². The van der Waals surface area contributed by atoms with Crippen molar-refractivity contribution in [3.8, 4) is 0 Å². The summed E-state index contributed by atoms with van der Waals surface area (Å²) >= 11 is 0. The number of esters is 1. The van der Waals surface area contributed by atoms with Crippen LogP contribution in [-0.2, 0) is 28.5 Å². The number of hydrogen-bond donors (Lipinski definition) is 0. The van der Waals surface area contributed by atoms with Gasteiger partial charge in [0.05, 0.1) is 6.61 Å². The lowest BCUT2D eigenvalue weighted by Crippen LogP contribution is -2.49. The van der Waals surface area contributed by atoms with Crippen molar-refractivity contribution in [2.24, 2.45) is 0 Å². The van der Waals surface area contributed by atoms with E-state index in [2.05, 4.69) is 0 Å². The topological polar surface area (TPSA) is 74.4 Å². The van der Waals surface area contributed by atoms with Crippen molar-refractivity contribution < 1.29 is 28.5 Å². The van der Waals surface area contributed by atoms with Crippen LogP contribution in [0.1, 0.15) is 20.8 Å². The Morgan fingerprint density at radius 1 is 1.42 bits per heavy atom. The van der Waals surface area contributed by atoms with E-state index in [-0.39, 0.29) is 24.9 Å². The molecule has 0 aromatic carbocycles. The lowest BCUT2D eigenvalue weighted by Gasteiger charge is -2.40. The molecule has 0 bridgehead atoms. The summed E-state index contributed by atoms with van der Waals surface area (Å²) in [7, 11) is 0. The summed E-state index contributed by atoms with van der Waals surface area (Å²) in [5.41, 5.74) is 1.13. The van der Waals surface area contributed by atoms with E-state index in [0.717, 1.165) is 5.57 Å². The fourth-order valence-electron chi connectivity index (χ4n) is 2.69. The molecule has 2 fully saturated rings. The van der Waals surface area contributed by atoms with Crippen molar-refractivity contribution in [1.29, 1.82) is 0 Å². The zero-order valence-corrected chi connectivity index (χ0v) is 11.0. The maximum atomic E-state index is 11.3. The predicted octanol–water partition coefficient (Wildman–Crippen LogP) is 0.346. The summed E-state index contributed by atoms with van der Waals surface area (Å²) in [6, 6.07) is 0. The lowest BCUT2D eigenvalue weighted by atomic mass is 9.87. The molecule has 104 valence electrons. The second-order valence-electron chi connectivity index (χ2n) is 5.42. The van der Waals surface area contributed by atoms with Crippen LogP contribution in [0.4, 0.5) is 0 Å². The molecule has 0 unspecified atom stereocenters. The van der Waals surface area contributed by atoms with Gasteiger partial charge in [0.25, 0.3) is 0 Å². The molecule has 1 aliphatic carbocycles. The highest BCUT2D eigenvalue weighted by Crippen LogP contribution is 2.46. The maximum Gasteiger partial charge on any atom is 0.303 e. The van der Waals surface area contributed by atoms with Crippen molar-refractivity contribution in [2.45, 2.75) is 51.0 Å². The summed E-state index contributed by atoms with van der Waals surface area (Å²) in [6.07, 6.45) is -0.669. The van der Waals surface area contributed by atoms with Crippen LogP contribution >= 0.6 is 0 Å². The second-order valence-corrected chi connectivity index (χ2v) is 5.42. The lowest BCUT2D eigenvalue weighted by molar-refractivity contribution is -0.256. The zero-order valence-electron chi connectivity index (χ0n) is 11.0. The van der Waals surface area contributed by atoms with Crippen LogP contribution < -0.4 is 0 Å². The molecule has 0 aromatic heterocycles. The third-order valence-electron chi connectivity index (χ3n) is 3.58. The number of aldehydes is 1. The quantitative estimate of drug-likeness (QED) is 0.408. The Bertz CT molecular complexity index is 466. The molecule has 0 N–H and O–H groups in total. The summed E-state index contributed by atoms with van der Waals surface area (Å²) in [4.78, 5) is 22.4. The zero-order chi connectivity index (χ0) is 13.8. The van der Waals surface area contributed by atoms with Crippen LogP contribution in [0.5, 0.6) is 0 Å². The minimum atomic E-state index is -0.701. The van der Waals surface area contributed by atoms with E-state index in [1.165, 1.54) is 6.92 Å². The van der Waals surface area contributed by atoms with Crippen molar-refractivity contribution >= 4 is 12.3 Å². The van der Waals surface area contributed by atoms with Gasteiger partial charge in [0, 0.05) is 12.5 Å². The van der Waals surface area contributed by atoms with Crippen LogP contribution in [0.2, 0.25) is 0 Å². The molecule has 0 aromatic rings. The molecule has 3 rings (SSSR count). The number of ether oxygens (including phenoxy) is 4. The highest BCUT2D eigenvalue weighted by atomic mass is 16.7. The minimum Gasteiger partial charge on any atom is -0.455 e. The number of epoxide rings is 1. The molecule has 2 aliphatic heterocycles. The van der Waals surface area contributed by atoms with Gasteiger partial charge in [0.1, 0.15) is 24.6 Å². The number of rotatable bonds is 2. The molecule has 3 aliphatic rings. The Labute approximate surface area is 110 Å². The van der Waals surface area contributed by atoms with Gasteiger partial charge in [-0.2, -0.15) is 0 Å². The number of fused-ring (bicyclic) bond motifs is 3. The van der Waals surface area contributed by atoms with Crippen molar-refractivity contribution in [1.82, 2.24) is 0 Å². The summed E-state index contributed by atoms with van der Waals surface area (Å²) in [5.74, 6) is -1.14. The average Bonchev–Trinajstić information content (AvgIpc) is 3.09. The first-order valence-corrected chi connectivity index (χ1v) is 6.25. The van der Waals surface area contributed by atoms with Gasteiger partial charge in [-0.3, -0.25) is 9.59 Å². The highest BCUT2D eigenvalue weighted by Gasteiger charge is 2.60. The maximum absolute atomic E-state index is 11.3. The molecule has 6 heteroatoms. The van der Waals surface area contributed by atoms with Crippen LogP contribution in [0.15, 0.2) is 11.1 Å². The predicted molar refractivity (Wildman–Crippen MR) is 62.2 cm³/mol. The van der Waals surface area contributed by atoms with E-state index in [0.29, 0.717) is 11.9 Å². The molecular formula is C13H16O6. The highest BCUT2D eigenvalue weighted by molar-refractivity contribution is 5.79. The largest absolute Gasteiger partial charge is 0.455 e. The van der Waals surface area contributed by atoms with Crippen LogP contribution in [0, 0.1) is 0 Å². The van der Waals surface area contributed by atoms with E-state index in [4.69, 9.17) is 18.9 Å². The van der Waals surface area contributed by atoms with Gasteiger partial charge in [0.2, 0.25) is 0 Å². The fourth-order valence-corrected chi connectivity index (χ4v) is 2.69. The molecule has 2 saturated heterocycles. The van der Waals surface area contributed by atoms with Gasteiger partial charge in [-0.15, -0.1) is 0 Å². The first-order chi connectivity index (χ1) is 8.93. The van der Waals surface area contributed by atoms with Gasteiger partial charge in [-0.25, -0.2) is 0 Å². The first kappa shape index (κ1) is 12.8. The Hall–Kier alpha value is -1.24. The molecule has 6 nitrogen and oxygen atoms in total. The standard InChI is InChI=1S/C13H16O6/c1-6(15)17-9-7(4-14)8-5-16-13(2,3)19-10(8)12-11(9)18-12/h4,9-12H,5H2,1-3H3/t9-,10-,11-,12+/m0/s1. The van der Waals surface area contributed by atoms with E-state index in [1.807, 2.05) is 13.8 Å².